The van der Waals surface area contributed by atoms with Gasteiger partial charge in [0.1, 0.15) is 0 Å². The van der Waals surface area contributed by atoms with Crippen LogP contribution in [0, 0.1) is 12.8 Å². The lowest BCUT2D eigenvalue weighted by Gasteiger charge is -2.15. The molecule has 0 radical (unpaired) electrons. The summed E-state index contributed by atoms with van der Waals surface area (Å²) in [5.74, 6) is 1.51. The number of halogens is 1. The summed E-state index contributed by atoms with van der Waals surface area (Å²) < 4.78 is 0. The van der Waals surface area contributed by atoms with Gasteiger partial charge in [0, 0.05) is 5.33 Å². The smallest absolute Gasteiger partial charge is 0.0100 e. The average Bonchev–Trinajstić information content (AvgIpc) is 2.24. The Labute approximate surface area is 109 Å². The molecule has 16 heavy (non-hydrogen) atoms. The lowest BCUT2D eigenvalue weighted by Crippen LogP contribution is -2.01. The molecular formula is C15H23Br. The third-order valence-corrected chi connectivity index (χ3v) is 3.82. The molecule has 1 aromatic carbocycles. The zero-order valence-corrected chi connectivity index (χ0v) is 12.3. The van der Waals surface area contributed by atoms with Gasteiger partial charge in [0.05, 0.1) is 0 Å². The molecule has 0 nitrogen and oxygen atoms in total. The van der Waals surface area contributed by atoms with Crippen LogP contribution < -0.4 is 0 Å². The monoisotopic (exact) mass is 282 g/mol. The normalized spacial score (nSPS) is 13.1. The van der Waals surface area contributed by atoms with Crippen molar-refractivity contribution in [3.8, 4) is 0 Å². The molecular weight excluding hydrogens is 260 g/mol. The minimum absolute atomic E-state index is 0.679. The zero-order valence-electron chi connectivity index (χ0n) is 10.7. The van der Waals surface area contributed by atoms with Crippen LogP contribution in [0.4, 0.5) is 0 Å². The van der Waals surface area contributed by atoms with Crippen molar-refractivity contribution < 1.29 is 0 Å². The number of alkyl halides is 1. The van der Waals surface area contributed by atoms with Gasteiger partial charge in [0.25, 0.3) is 0 Å². The summed E-state index contributed by atoms with van der Waals surface area (Å²) in [6.45, 7) is 6.77. The lowest BCUT2D eigenvalue weighted by molar-refractivity contribution is 0.515. The molecule has 1 unspecified atom stereocenters. The molecule has 0 amide bonds. The minimum Gasteiger partial charge on any atom is -0.0921 e. The molecule has 0 fully saturated rings. The highest BCUT2D eigenvalue weighted by Gasteiger charge is 2.10. The second kappa shape index (κ2) is 7.11. The van der Waals surface area contributed by atoms with Gasteiger partial charge in [0.15, 0.2) is 0 Å². The molecule has 0 heterocycles. The fraction of sp³-hybridized carbons (Fsp3) is 0.600. The van der Waals surface area contributed by atoms with Crippen LogP contribution in [0.25, 0.3) is 0 Å². The maximum Gasteiger partial charge on any atom is 0.0100 e. The van der Waals surface area contributed by atoms with Crippen molar-refractivity contribution in [2.75, 3.05) is 5.33 Å². The SMILES string of the molecule is Cc1cccc(C(CBr)CCCC(C)C)c1. The van der Waals surface area contributed by atoms with E-state index in [1.165, 1.54) is 30.4 Å². The first-order chi connectivity index (χ1) is 7.63. The van der Waals surface area contributed by atoms with Crippen molar-refractivity contribution >= 4 is 15.9 Å². The molecule has 0 aliphatic heterocycles. The van der Waals surface area contributed by atoms with E-state index in [-0.39, 0.29) is 0 Å². The number of rotatable bonds is 6. The Morgan fingerprint density at radius 1 is 1.19 bits per heavy atom. The van der Waals surface area contributed by atoms with Gasteiger partial charge in [-0.15, -0.1) is 0 Å². The summed E-state index contributed by atoms with van der Waals surface area (Å²) >= 11 is 3.64. The van der Waals surface area contributed by atoms with Crippen molar-refractivity contribution in [3.05, 3.63) is 35.4 Å². The van der Waals surface area contributed by atoms with Crippen LogP contribution in [-0.2, 0) is 0 Å². The quantitative estimate of drug-likeness (QED) is 0.621. The van der Waals surface area contributed by atoms with Gasteiger partial charge in [-0.25, -0.2) is 0 Å². The minimum atomic E-state index is 0.679. The highest BCUT2D eigenvalue weighted by atomic mass is 79.9. The summed E-state index contributed by atoms with van der Waals surface area (Å²) in [7, 11) is 0. The van der Waals surface area contributed by atoms with Crippen LogP contribution in [-0.4, -0.2) is 5.33 Å². The summed E-state index contributed by atoms with van der Waals surface area (Å²) in [6, 6.07) is 8.92. The molecule has 1 rings (SSSR count). The van der Waals surface area contributed by atoms with Crippen molar-refractivity contribution in [2.24, 2.45) is 5.92 Å². The standard InChI is InChI=1S/C15H23Br/c1-12(2)6-4-9-15(11-16)14-8-5-7-13(3)10-14/h5,7-8,10,12,15H,4,6,9,11H2,1-3H3. The highest BCUT2D eigenvalue weighted by Crippen LogP contribution is 2.25. The third kappa shape index (κ3) is 4.69. The van der Waals surface area contributed by atoms with Crippen molar-refractivity contribution in [3.63, 3.8) is 0 Å². The second-order valence-electron chi connectivity index (χ2n) is 5.09. The van der Waals surface area contributed by atoms with E-state index in [2.05, 4.69) is 61.0 Å². The first kappa shape index (κ1) is 13.8. The number of benzene rings is 1. The molecule has 0 aliphatic rings. The Hall–Kier alpha value is -0.300. The highest BCUT2D eigenvalue weighted by molar-refractivity contribution is 9.09. The van der Waals surface area contributed by atoms with E-state index in [0.717, 1.165) is 11.2 Å². The molecule has 0 N–H and O–H groups in total. The van der Waals surface area contributed by atoms with Gasteiger partial charge in [0.2, 0.25) is 0 Å². The van der Waals surface area contributed by atoms with Crippen LogP contribution in [0.3, 0.4) is 0 Å². The van der Waals surface area contributed by atoms with E-state index in [0.29, 0.717) is 5.92 Å². The van der Waals surface area contributed by atoms with Gasteiger partial charge >= 0.3 is 0 Å². The number of hydrogen-bond acceptors (Lipinski definition) is 0. The molecule has 1 aromatic rings. The Morgan fingerprint density at radius 3 is 2.50 bits per heavy atom. The van der Waals surface area contributed by atoms with E-state index in [9.17, 15) is 0 Å². The van der Waals surface area contributed by atoms with Crippen LogP contribution in [0.1, 0.15) is 50.2 Å². The number of hydrogen-bond donors (Lipinski definition) is 0. The van der Waals surface area contributed by atoms with Gasteiger partial charge in [-0.2, -0.15) is 0 Å². The van der Waals surface area contributed by atoms with Crippen molar-refractivity contribution in [1.82, 2.24) is 0 Å². The van der Waals surface area contributed by atoms with Crippen LogP contribution in [0.5, 0.6) is 0 Å². The Bertz CT molecular complexity index is 304. The predicted octanol–water partition coefficient (Wildman–Crippen LogP) is 5.30. The van der Waals surface area contributed by atoms with E-state index < -0.39 is 0 Å². The van der Waals surface area contributed by atoms with Crippen LogP contribution in [0.15, 0.2) is 24.3 Å². The summed E-state index contributed by atoms with van der Waals surface area (Å²) in [5, 5.41) is 1.08. The molecule has 1 heteroatoms. The molecule has 0 spiro atoms. The molecule has 0 aliphatic carbocycles. The van der Waals surface area contributed by atoms with E-state index in [1.54, 1.807) is 0 Å². The molecule has 0 aromatic heterocycles. The summed E-state index contributed by atoms with van der Waals surface area (Å²) in [4.78, 5) is 0. The molecule has 0 saturated heterocycles. The average molecular weight is 283 g/mol. The van der Waals surface area contributed by atoms with E-state index in [4.69, 9.17) is 0 Å². The summed E-state index contributed by atoms with van der Waals surface area (Å²) in [5.41, 5.74) is 2.85. The van der Waals surface area contributed by atoms with E-state index >= 15 is 0 Å². The van der Waals surface area contributed by atoms with E-state index in [1.807, 2.05) is 0 Å². The largest absolute Gasteiger partial charge is 0.0921 e. The van der Waals surface area contributed by atoms with Gasteiger partial charge in [-0.05, 0) is 30.7 Å². The Balaban J connectivity index is 2.53. The Morgan fingerprint density at radius 2 is 1.94 bits per heavy atom. The third-order valence-electron chi connectivity index (χ3n) is 3.03. The van der Waals surface area contributed by atoms with Crippen LogP contribution >= 0.6 is 15.9 Å². The molecule has 0 saturated carbocycles. The first-order valence-electron chi connectivity index (χ1n) is 6.26. The Kier molecular flexibility index (Phi) is 6.12. The maximum absolute atomic E-state index is 3.64. The fourth-order valence-electron chi connectivity index (χ4n) is 2.03. The predicted molar refractivity (Wildman–Crippen MR) is 76.4 cm³/mol. The summed E-state index contributed by atoms with van der Waals surface area (Å²) in [6.07, 6.45) is 3.98. The van der Waals surface area contributed by atoms with Gasteiger partial charge in [-0.3, -0.25) is 0 Å². The molecule has 1 atom stereocenters. The fourth-order valence-corrected chi connectivity index (χ4v) is 2.73. The number of aryl methyl sites for hydroxylation is 1. The van der Waals surface area contributed by atoms with Crippen molar-refractivity contribution in [1.29, 1.82) is 0 Å². The lowest BCUT2D eigenvalue weighted by atomic mass is 9.93. The zero-order chi connectivity index (χ0) is 12.0. The van der Waals surface area contributed by atoms with Crippen LogP contribution in [0.2, 0.25) is 0 Å². The van der Waals surface area contributed by atoms with Gasteiger partial charge in [-0.1, -0.05) is 72.4 Å². The van der Waals surface area contributed by atoms with Gasteiger partial charge < -0.3 is 0 Å². The van der Waals surface area contributed by atoms with Crippen molar-refractivity contribution in [2.45, 2.75) is 46.0 Å². The molecule has 0 bridgehead atoms. The molecule has 90 valence electrons. The first-order valence-corrected chi connectivity index (χ1v) is 7.38. The topological polar surface area (TPSA) is 0 Å². The maximum atomic E-state index is 3.64. The second-order valence-corrected chi connectivity index (χ2v) is 5.74.